The minimum Gasteiger partial charge on any atom is -0.507 e. The Morgan fingerprint density at radius 3 is 2.00 bits per heavy atom. The molecule has 4 rings (SSSR count). The second-order valence-corrected chi connectivity index (χ2v) is 5.93. The summed E-state index contributed by atoms with van der Waals surface area (Å²) >= 11 is 0. The molecule has 0 aromatic heterocycles. The number of anilines is 1. The molecule has 0 heterocycles. The summed E-state index contributed by atoms with van der Waals surface area (Å²) in [7, 11) is 0. The molecule has 0 spiro atoms. The molecule has 0 saturated carbocycles. The summed E-state index contributed by atoms with van der Waals surface area (Å²) in [6, 6.07) is 19.5. The predicted octanol–water partition coefficient (Wildman–Crippen LogP) is 3.78. The van der Waals surface area contributed by atoms with Gasteiger partial charge in [0, 0.05) is 23.4 Å². The van der Waals surface area contributed by atoms with Gasteiger partial charge < -0.3 is 10.4 Å². The highest BCUT2D eigenvalue weighted by Gasteiger charge is 2.33. The molecule has 4 heteroatoms. The van der Waals surface area contributed by atoms with Crippen LogP contribution in [0.2, 0.25) is 0 Å². The number of rotatable bonds is 3. The summed E-state index contributed by atoms with van der Waals surface area (Å²) in [6.07, 6.45) is 0. The maximum atomic E-state index is 12.9. The molecule has 0 bridgehead atoms. The van der Waals surface area contributed by atoms with Crippen molar-refractivity contribution < 1.29 is 14.7 Å². The fraction of sp³-hybridized carbons (Fsp3) is 0.0476. The highest BCUT2D eigenvalue weighted by atomic mass is 16.3. The van der Waals surface area contributed by atoms with Gasteiger partial charge in [-0.05, 0) is 17.7 Å². The van der Waals surface area contributed by atoms with E-state index in [1.54, 1.807) is 30.3 Å². The Morgan fingerprint density at radius 2 is 1.32 bits per heavy atom. The smallest absolute Gasteiger partial charge is 0.198 e. The van der Waals surface area contributed by atoms with Crippen LogP contribution >= 0.6 is 0 Å². The maximum absolute atomic E-state index is 12.9. The van der Waals surface area contributed by atoms with Crippen molar-refractivity contribution in [3.8, 4) is 5.75 Å². The van der Waals surface area contributed by atoms with E-state index in [4.69, 9.17) is 0 Å². The van der Waals surface area contributed by atoms with Gasteiger partial charge in [-0.15, -0.1) is 0 Å². The Balaban J connectivity index is 1.79. The standard InChI is InChI=1S/C21H15NO3/c23-17-11-10-16(22-12-13-6-2-1-3-7-13)18-19(17)21(25)15-9-5-4-8-14(15)20(18)24/h1-11,22-23H,12H2. The number of fused-ring (bicyclic) bond motifs is 2. The average molecular weight is 329 g/mol. The lowest BCUT2D eigenvalue weighted by Crippen LogP contribution is -2.22. The Bertz CT molecular complexity index is 993. The molecule has 122 valence electrons. The van der Waals surface area contributed by atoms with E-state index < -0.39 is 0 Å². The molecule has 0 unspecified atom stereocenters. The summed E-state index contributed by atoms with van der Waals surface area (Å²) in [5, 5.41) is 13.4. The summed E-state index contributed by atoms with van der Waals surface area (Å²) in [5.74, 6) is -0.754. The van der Waals surface area contributed by atoms with Crippen molar-refractivity contribution in [2.45, 2.75) is 6.54 Å². The van der Waals surface area contributed by atoms with E-state index in [2.05, 4.69) is 5.32 Å². The molecule has 1 aliphatic carbocycles. The van der Waals surface area contributed by atoms with Crippen LogP contribution in [0.15, 0.2) is 66.7 Å². The van der Waals surface area contributed by atoms with E-state index in [1.165, 1.54) is 6.07 Å². The summed E-state index contributed by atoms with van der Waals surface area (Å²) in [5.41, 5.74) is 2.61. The van der Waals surface area contributed by atoms with Crippen LogP contribution in [-0.4, -0.2) is 16.7 Å². The monoisotopic (exact) mass is 329 g/mol. The molecular formula is C21H15NO3. The van der Waals surface area contributed by atoms with E-state index in [0.29, 0.717) is 23.4 Å². The van der Waals surface area contributed by atoms with Crippen LogP contribution in [-0.2, 0) is 6.54 Å². The fourth-order valence-corrected chi connectivity index (χ4v) is 3.15. The lowest BCUT2D eigenvalue weighted by molar-refractivity contribution is 0.0977. The van der Waals surface area contributed by atoms with E-state index in [9.17, 15) is 14.7 Å². The van der Waals surface area contributed by atoms with Crippen LogP contribution in [0, 0.1) is 0 Å². The molecule has 3 aromatic carbocycles. The molecule has 25 heavy (non-hydrogen) atoms. The third kappa shape index (κ3) is 2.48. The molecule has 0 fully saturated rings. The number of hydrogen-bond acceptors (Lipinski definition) is 4. The number of benzene rings is 3. The first-order valence-corrected chi connectivity index (χ1v) is 7.99. The van der Waals surface area contributed by atoms with Crippen molar-refractivity contribution in [3.63, 3.8) is 0 Å². The number of nitrogens with one attached hydrogen (secondary N) is 1. The topological polar surface area (TPSA) is 66.4 Å². The van der Waals surface area contributed by atoms with E-state index >= 15 is 0 Å². The number of carbonyl (C=O) groups excluding carboxylic acids is 2. The molecule has 0 saturated heterocycles. The van der Waals surface area contributed by atoms with Crippen LogP contribution in [0.5, 0.6) is 5.75 Å². The van der Waals surface area contributed by atoms with Crippen molar-refractivity contribution in [2.24, 2.45) is 0 Å². The van der Waals surface area contributed by atoms with Gasteiger partial charge in [-0.1, -0.05) is 54.6 Å². The lowest BCUT2D eigenvalue weighted by atomic mass is 9.82. The average Bonchev–Trinajstić information content (AvgIpc) is 2.66. The molecule has 0 aliphatic heterocycles. The van der Waals surface area contributed by atoms with Crippen molar-refractivity contribution in [2.75, 3.05) is 5.32 Å². The minimum atomic E-state index is -0.328. The van der Waals surface area contributed by atoms with Gasteiger partial charge in [0.25, 0.3) is 0 Å². The van der Waals surface area contributed by atoms with Gasteiger partial charge in [-0.2, -0.15) is 0 Å². The number of carbonyl (C=O) groups is 2. The second-order valence-electron chi connectivity index (χ2n) is 5.93. The summed E-state index contributed by atoms with van der Waals surface area (Å²) in [6.45, 7) is 0.515. The van der Waals surface area contributed by atoms with Gasteiger partial charge in [0.1, 0.15) is 5.75 Å². The molecule has 0 amide bonds. The number of phenolic OH excluding ortho intramolecular Hbond substituents is 1. The van der Waals surface area contributed by atoms with Gasteiger partial charge in [-0.3, -0.25) is 9.59 Å². The van der Waals surface area contributed by atoms with Crippen molar-refractivity contribution in [3.05, 3.63) is 94.5 Å². The summed E-state index contributed by atoms with van der Waals surface area (Å²) < 4.78 is 0. The number of ketones is 2. The zero-order valence-corrected chi connectivity index (χ0v) is 13.3. The zero-order valence-electron chi connectivity index (χ0n) is 13.3. The van der Waals surface area contributed by atoms with Gasteiger partial charge in [0.05, 0.1) is 11.1 Å². The molecule has 0 radical (unpaired) electrons. The zero-order chi connectivity index (χ0) is 17.4. The van der Waals surface area contributed by atoms with Gasteiger partial charge in [0.15, 0.2) is 11.6 Å². The number of phenols is 1. The van der Waals surface area contributed by atoms with Gasteiger partial charge in [0.2, 0.25) is 0 Å². The van der Waals surface area contributed by atoms with E-state index in [0.717, 1.165) is 5.56 Å². The maximum Gasteiger partial charge on any atom is 0.198 e. The first-order chi connectivity index (χ1) is 12.2. The number of hydrogen-bond donors (Lipinski definition) is 2. The molecule has 1 aliphatic rings. The van der Waals surface area contributed by atoms with Crippen LogP contribution in [0.3, 0.4) is 0 Å². The normalized spacial score (nSPS) is 12.5. The number of aromatic hydroxyl groups is 1. The van der Waals surface area contributed by atoms with Crippen molar-refractivity contribution in [1.82, 2.24) is 0 Å². The van der Waals surface area contributed by atoms with E-state index in [-0.39, 0.29) is 28.4 Å². The fourth-order valence-electron chi connectivity index (χ4n) is 3.15. The Kier molecular flexibility index (Phi) is 3.58. The molecule has 3 aromatic rings. The second kappa shape index (κ2) is 5.91. The van der Waals surface area contributed by atoms with Crippen LogP contribution in [0.4, 0.5) is 5.69 Å². The minimum absolute atomic E-state index is 0.0711. The van der Waals surface area contributed by atoms with Crippen LogP contribution in [0.25, 0.3) is 0 Å². The Morgan fingerprint density at radius 1 is 0.720 bits per heavy atom. The van der Waals surface area contributed by atoms with Gasteiger partial charge in [-0.25, -0.2) is 0 Å². The third-order valence-electron chi connectivity index (χ3n) is 4.38. The van der Waals surface area contributed by atoms with Gasteiger partial charge >= 0.3 is 0 Å². The quantitative estimate of drug-likeness (QED) is 0.561. The molecule has 4 nitrogen and oxygen atoms in total. The SMILES string of the molecule is O=C1c2ccccc2C(=O)c2c(NCc3ccccc3)ccc(O)c21. The van der Waals surface area contributed by atoms with E-state index in [1.807, 2.05) is 30.3 Å². The molecule has 0 atom stereocenters. The highest BCUT2D eigenvalue weighted by molar-refractivity contribution is 6.31. The van der Waals surface area contributed by atoms with Crippen molar-refractivity contribution in [1.29, 1.82) is 0 Å². The lowest BCUT2D eigenvalue weighted by Gasteiger charge is -2.21. The van der Waals surface area contributed by atoms with Crippen LogP contribution in [0.1, 0.15) is 37.4 Å². The molecule has 2 N–H and O–H groups in total. The Labute approximate surface area is 144 Å². The first-order valence-electron chi connectivity index (χ1n) is 7.99. The summed E-state index contributed by atoms with van der Waals surface area (Å²) in [4.78, 5) is 25.7. The predicted molar refractivity (Wildman–Crippen MR) is 95.2 cm³/mol. The van der Waals surface area contributed by atoms with Crippen molar-refractivity contribution >= 4 is 17.3 Å². The van der Waals surface area contributed by atoms with Crippen LogP contribution < -0.4 is 5.32 Å². The highest BCUT2D eigenvalue weighted by Crippen LogP contribution is 2.37. The third-order valence-corrected chi connectivity index (χ3v) is 4.38. The largest absolute Gasteiger partial charge is 0.507 e. The molecular weight excluding hydrogens is 314 g/mol. The Hall–Kier alpha value is -3.40. The first kappa shape index (κ1) is 15.1.